The Labute approximate surface area is 105 Å². The van der Waals surface area contributed by atoms with E-state index in [1.807, 2.05) is 13.8 Å². The first-order valence-corrected chi connectivity index (χ1v) is 6.27. The van der Waals surface area contributed by atoms with Gasteiger partial charge in [0.05, 0.1) is 0 Å². The summed E-state index contributed by atoms with van der Waals surface area (Å²) < 4.78 is 0. The highest BCUT2D eigenvalue weighted by molar-refractivity contribution is 5.90. The fourth-order valence-electron chi connectivity index (χ4n) is 1.58. The van der Waals surface area contributed by atoms with Gasteiger partial charge in [0.15, 0.2) is 0 Å². The number of carbonyl (C=O) groups excluding carboxylic acids is 1. The van der Waals surface area contributed by atoms with E-state index in [-0.39, 0.29) is 5.91 Å². The Morgan fingerprint density at radius 1 is 1.47 bits per heavy atom. The quantitative estimate of drug-likeness (QED) is 0.749. The van der Waals surface area contributed by atoms with Crippen molar-refractivity contribution in [2.24, 2.45) is 10.7 Å². The van der Waals surface area contributed by atoms with Gasteiger partial charge in [-0.1, -0.05) is 13.8 Å². The van der Waals surface area contributed by atoms with Gasteiger partial charge in [-0.2, -0.15) is 0 Å². The monoisotopic (exact) mass is 239 g/mol. The van der Waals surface area contributed by atoms with Crippen molar-refractivity contribution >= 4 is 12.1 Å². The molecule has 0 fully saturated rings. The largest absolute Gasteiger partial charge is 0.401 e. The molecule has 0 aromatic heterocycles. The molecule has 0 aromatic rings. The summed E-state index contributed by atoms with van der Waals surface area (Å²) in [6, 6.07) is 0.509. The molecular formula is C13H25N3O. The molecule has 0 saturated heterocycles. The van der Waals surface area contributed by atoms with Crippen LogP contribution >= 0.6 is 0 Å². The maximum Gasteiger partial charge on any atom is 0.242 e. The third-order valence-electron chi connectivity index (χ3n) is 2.59. The highest BCUT2D eigenvalue weighted by Crippen LogP contribution is 2.15. The van der Waals surface area contributed by atoms with Gasteiger partial charge in [-0.3, -0.25) is 9.69 Å². The average molecular weight is 239 g/mol. The van der Waals surface area contributed by atoms with Crippen LogP contribution in [0.1, 0.15) is 41.0 Å². The molecule has 0 spiro atoms. The maximum atomic E-state index is 10.7. The van der Waals surface area contributed by atoms with E-state index in [0.717, 1.165) is 30.8 Å². The van der Waals surface area contributed by atoms with Crippen LogP contribution in [0, 0.1) is 0 Å². The lowest BCUT2D eigenvalue weighted by atomic mass is 10.1. The molecule has 1 aliphatic heterocycles. The standard InChI is InChI=1S/C11H19N3O.C2H6/c1-8(2)14-5-4-10(11(12)7-14)6-13-9(3)15;1-2/h6,8H,4-5,7,12H2,1-3H3;1-2H3. The van der Waals surface area contributed by atoms with E-state index in [1.165, 1.54) is 6.92 Å². The minimum atomic E-state index is -0.179. The van der Waals surface area contributed by atoms with Gasteiger partial charge in [0.2, 0.25) is 5.91 Å². The van der Waals surface area contributed by atoms with Gasteiger partial charge in [0.25, 0.3) is 0 Å². The summed E-state index contributed by atoms with van der Waals surface area (Å²) in [6.07, 6.45) is 2.48. The van der Waals surface area contributed by atoms with Crippen LogP contribution in [0.2, 0.25) is 0 Å². The Hall–Kier alpha value is -1.16. The van der Waals surface area contributed by atoms with E-state index in [0.29, 0.717) is 6.04 Å². The van der Waals surface area contributed by atoms with Crippen LogP contribution < -0.4 is 5.73 Å². The van der Waals surface area contributed by atoms with Gasteiger partial charge in [-0.05, 0) is 25.8 Å². The second kappa shape index (κ2) is 8.01. The van der Waals surface area contributed by atoms with Crippen LogP contribution in [0.4, 0.5) is 0 Å². The summed E-state index contributed by atoms with van der Waals surface area (Å²) in [4.78, 5) is 16.7. The maximum absolute atomic E-state index is 10.7. The van der Waals surface area contributed by atoms with Crippen molar-refractivity contribution in [3.05, 3.63) is 11.3 Å². The van der Waals surface area contributed by atoms with Crippen LogP contribution in [0.3, 0.4) is 0 Å². The van der Waals surface area contributed by atoms with E-state index >= 15 is 0 Å². The van der Waals surface area contributed by atoms with Crippen molar-refractivity contribution in [3.8, 4) is 0 Å². The molecule has 0 saturated carbocycles. The molecule has 17 heavy (non-hydrogen) atoms. The van der Waals surface area contributed by atoms with Crippen molar-refractivity contribution in [2.75, 3.05) is 13.1 Å². The molecule has 0 atom stereocenters. The van der Waals surface area contributed by atoms with E-state index in [1.54, 1.807) is 6.21 Å². The number of nitrogens with two attached hydrogens (primary N) is 1. The molecule has 0 aromatic carbocycles. The first-order valence-electron chi connectivity index (χ1n) is 6.27. The smallest absolute Gasteiger partial charge is 0.242 e. The molecule has 98 valence electrons. The molecule has 0 unspecified atom stereocenters. The molecule has 1 amide bonds. The molecule has 2 N–H and O–H groups in total. The number of hydrogen-bond acceptors (Lipinski definition) is 3. The summed E-state index contributed by atoms with van der Waals surface area (Å²) in [5.74, 6) is -0.179. The predicted molar refractivity (Wildman–Crippen MR) is 73.1 cm³/mol. The normalized spacial score (nSPS) is 17.3. The predicted octanol–water partition coefficient (Wildman–Crippen LogP) is 1.96. The Bertz CT molecular complexity index is 306. The van der Waals surface area contributed by atoms with Gasteiger partial charge >= 0.3 is 0 Å². The van der Waals surface area contributed by atoms with Crippen molar-refractivity contribution in [1.29, 1.82) is 0 Å². The lowest BCUT2D eigenvalue weighted by molar-refractivity contribution is -0.115. The first kappa shape index (κ1) is 15.8. The Morgan fingerprint density at radius 3 is 2.47 bits per heavy atom. The molecule has 1 heterocycles. The summed E-state index contributed by atoms with van der Waals surface area (Å²) >= 11 is 0. The summed E-state index contributed by atoms with van der Waals surface area (Å²) in [5, 5.41) is 0. The van der Waals surface area contributed by atoms with Crippen molar-refractivity contribution in [2.45, 2.75) is 47.1 Å². The lowest BCUT2D eigenvalue weighted by Crippen LogP contribution is -2.39. The van der Waals surface area contributed by atoms with Gasteiger partial charge in [0, 0.05) is 38.0 Å². The van der Waals surface area contributed by atoms with E-state index in [4.69, 9.17) is 5.73 Å². The molecule has 0 aliphatic carbocycles. The Balaban J connectivity index is 0.00000121. The molecule has 4 nitrogen and oxygen atoms in total. The first-order chi connectivity index (χ1) is 8.00. The van der Waals surface area contributed by atoms with Crippen molar-refractivity contribution in [3.63, 3.8) is 0 Å². The van der Waals surface area contributed by atoms with Crippen LogP contribution in [0.5, 0.6) is 0 Å². The molecule has 0 radical (unpaired) electrons. The molecule has 0 bridgehead atoms. The summed E-state index contributed by atoms with van der Waals surface area (Å²) in [7, 11) is 0. The highest BCUT2D eigenvalue weighted by Gasteiger charge is 2.17. The number of carbonyl (C=O) groups is 1. The minimum Gasteiger partial charge on any atom is -0.401 e. The Morgan fingerprint density at radius 2 is 2.06 bits per heavy atom. The molecule has 1 aliphatic rings. The third-order valence-corrected chi connectivity index (χ3v) is 2.59. The Kier molecular flexibility index (Phi) is 7.46. The fourth-order valence-corrected chi connectivity index (χ4v) is 1.58. The molecular weight excluding hydrogens is 214 g/mol. The van der Waals surface area contributed by atoms with E-state index < -0.39 is 0 Å². The second-order valence-corrected chi connectivity index (χ2v) is 4.14. The summed E-state index contributed by atoms with van der Waals surface area (Å²) in [6.45, 7) is 11.5. The summed E-state index contributed by atoms with van der Waals surface area (Å²) in [5.41, 5.74) is 7.76. The third kappa shape index (κ3) is 5.63. The number of nitrogens with zero attached hydrogens (tertiary/aromatic N) is 2. The van der Waals surface area contributed by atoms with Gasteiger partial charge in [-0.15, -0.1) is 0 Å². The molecule has 4 heteroatoms. The van der Waals surface area contributed by atoms with E-state index in [2.05, 4.69) is 23.7 Å². The van der Waals surface area contributed by atoms with Crippen LogP contribution in [-0.4, -0.2) is 36.2 Å². The van der Waals surface area contributed by atoms with Crippen molar-refractivity contribution in [1.82, 2.24) is 4.90 Å². The van der Waals surface area contributed by atoms with Gasteiger partial charge < -0.3 is 5.73 Å². The van der Waals surface area contributed by atoms with Gasteiger partial charge in [-0.25, -0.2) is 4.99 Å². The van der Waals surface area contributed by atoms with Crippen LogP contribution in [-0.2, 0) is 4.79 Å². The zero-order valence-corrected chi connectivity index (χ0v) is 11.7. The fraction of sp³-hybridized carbons (Fsp3) is 0.692. The number of aliphatic imine (C=N–C) groups is 1. The van der Waals surface area contributed by atoms with E-state index in [9.17, 15) is 4.79 Å². The molecule has 1 rings (SSSR count). The van der Waals surface area contributed by atoms with Crippen LogP contribution in [0.15, 0.2) is 16.3 Å². The average Bonchev–Trinajstić information content (AvgIpc) is 2.29. The van der Waals surface area contributed by atoms with Gasteiger partial charge in [0.1, 0.15) is 0 Å². The van der Waals surface area contributed by atoms with Crippen molar-refractivity contribution < 1.29 is 4.79 Å². The number of amides is 1. The lowest BCUT2D eigenvalue weighted by Gasteiger charge is -2.31. The second-order valence-electron chi connectivity index (χ2n) is 4.14. The number of hydrogen-bond donors (Lipinski definition) is 1. The zero-order valence-electron chi connectivity index (χ0n) is 11.7. The zero-order chi connectivity index (χ0) is 13.4. The highest BCUT2D eigenvalue weighted by atomic mass is 16.1. The topological polar surface area (TPSA) is 58.7 Å². The van der Waals surface area contributed by atoms with Crippen LogP contribution in [0.25, 0.3) is 0 Å². The minimum absolute atomic E-state index is 0.179. The SMILES string of the molecule is CC.CC(=O)N=CC1=C(N)CN(C(C)C)CC1. The number of rotatable bonds is 2.